The summed E-state index contributed by atoms with van der Waals surface area (Å²) >= 11 is 0. The number of hydrogen-bond donors (Lipinski definition) is 0. The highest BCUT2D eigenvalue weighted by molar-refractivity contribution is 5.72. The summed E-state index contributed by atoms with van der Waals surface area (Å²) in [6, 6.07) is 0. The van der Waals surface area contributed by atoms with Gasteiger partial charge in [0.05, 0.1) is 5.54 Å². The summed E-state index contributed by atoms with van der Waals surface area (Å²) in [6.45, 7) is 8.59. The maximum atomic E-state index is 4.38. The van der Waals surface area contributed by atoms with Gasteiger partial charge in [-0.15, -0.1) is 0 Å². The molecule has 0 atom stereocenters. The molecule has 0 bridgehead atoms. The Bertz CT molecular complexity index is 216. The van der Waals surface area contributed by atoms with E-state index in [1.54, 1.807) is 0 Å². The zero-order valence-electron chi connectivity index (χ0n) is 8.33. The summed E-state index contributed by atoms with van der Waals surface area (Å²) in [5, 5.41) is 0. The van der Waals surface area contributed by atoms with Crippen LogP contribution in [0.3, 0.4) is 0 Å². The number of allylic oxidation sites excluding steroid dienone is 3. The minimum atomic E-state index is -0.0535. The molecule has 0 aromatic carbocycles. The Kier molecular flexibility index (Phi) is 2.22. The Morgan fingerprint density at radius 3 is 2.25 bits per heavy atom. The van der Waals surface area contributed by atoms with Crippen LogP contribution in [0.1, 0.15) is 27.7 Å². The van der Waals surface area contributed by atoms with E-state index in [4.69, 9.17) is 0 Å². The van der Waals surface area contributed by atoms with Crippen LogP contribution < -0.4 is 0 Å². The molecule has 1 rings (SSSR count). The zero-order valence-corrected chi connectivity index (χ0v) is 8.33. The monoisotopic (exact) mass is 163 g/mol. The van der Waals surface area contributed by atoms with Gasteiger partial charge in [0.2, 0.25) is 0 Å². The first-order valence-electron chi connectivity index (χ1n) is 4.35. The van der Waals surface area contributed by atoms with E-state index in [9.17, 15) is 0 Å². The van der Waals surface area contributed by atoms with Crippen LogP contribution in [0.5, 0.6) is 0 Å². The van der Waals surface area contributed by atoms with E-state index >= 15 is 0 Å². The van der Waals surface area contributed by atoms with Crippen molar-refractivity contribution in [1.29, 1.82) is 0 Å². The second kappa shape index (κ2) is 2.89. The Labute approximate surface area is 74.9 Å². The number of rotatable bonds is 0. The molecule has 1 heterocycles. The summed E-state index contributed by atoms with van der Waals surface area (Å²) in [6.07, 6.45) is 10.4. The predicted molar refractivity (Wildman–Crippen MR) is 54.6 cm³/mol. The van der Waals surface area contributed by atoms with Crippen LogP contribution in [-0.2, 0) is 0 Å². The first-order valence-corrected chi connectivity index (χ1v) is 4.35. The van der Waals surface area contributed by atoms with Crippen molar-refractivity contribution in [3.05, 3.63) is 24.3 Å². The van der Waals surface area contributed by atoms with Gasteiger partial charge in [0, 0.05) is 11.6 Å². The van der Waals surface area contributed by atoms with Gasteiger partial charge in [0.1, 0.15) is 0 Å². The van der Waals surface area contributed by atoms with Gasteiger partial charge in [-0.25, -0.2) is 0 Å². The average Bonchev–Trinajstić information content (AvgIpc) is 1.94. The van der Waals surface area contributed by atoms with Crippen LogP contribution in [0.25, 0.3) is 0 Å². The SMILES string of the molecule is CC1(C)/C=C\C=NC(C)(C)/C=C\1. The molecule has 0 saturated heterocycles. The van der Waals surface area contributed by atoms with Crippen LogP contribution in [-0.4, -0.2) is 11.8 Å². The minimum absolute atomic E-state index is 0.0535. The van der Waals surface area contributed by atoms with Gasteiger partial charge in [-0.05, 0) is 19.9 Å². The minimum Gasteiger partial charge on any atom is -0.283 e. The lowest BCUT2D eigenvalue weighted by Crippen LogP contribution is -2.16. The van der Waals surface area contributed by atoms with Gasteiger partial charge in [0.25, 0.3) is 0 Å². The van der Waals surface area contributed by atoms with Crippen molar-refractivity contribution in [1.82, 2.24) is 0 Å². The molecule has 0 fully saturated rings. The molecule has 0 spiro atoms. The zero-order chi connectivity index (χ0) is 9.24. The van der Waals surface area contributed by atoms with Crippen LogP contribution in [0.4, 0.5) is 0 Å². The van der Waals surface area contributed by atoms with Gasteiger partial charge in [0.15, 0.2) is 0 Å². The fourth-order valence-electron chi connectivity index (χ4n) is 1.04. The highest BCUT2D eigenvalue weighted by atomic mass is 14.8. The molecule has 0 radical (unpaired) electrons. The second-order valence-corrected chi connectivity index (χ2v) is 4.45. The van der Waals surface area contributed by atoms with E-state index in [2.05, 4.69) is 50.9 Å². The molecular formula is C11H17N. The number of nitrogens with zero attached hydrogens (tertiary/aromatic N) is 1. The molecule has 1 nitrogen and oxygen atoms in total. The molecular weight excluding hydrogens is 146 g/mol. The Morgan fingerprint density at radius 2 is 1.58 bits per heavy atom. The normalized spacial score (nSPS) is 30.3. The largest absolute Gasteiger partial charge is 0.283 e. The van der Waals surface area contributed by atoms with E-state index in [-0.39, 0.29) is 11.0 Å². The first-order chi connectivity index (χ1) is 5.41. The smallest absolute Gasteiger partial charge is 0.0731 e. The van der Waals surface area contributed by atoms with E-state index < -0.39 is 0 Å². The Hall–Kier alpha value is -0.850. The van der Waals surface area contributed by atoms with Crippen LogP contribution in [0, 0.1) is 5.41 Å². The lowest BCUT2D eigenvalue weighted by molar-refractivity contribution is 0.593. The molecule has 1 aliphatic rings. The van der Waals surface area contributed by atoms with Gasteiger partial charge in [-0.3, -0.25) is 4.99 Å². The van der Waals surface area contributed by atoms with Gasteiger partial charge in [-0.1, -0.05) is 32.1 Å². The van der Waals surface area contributed by atoms with Crippen molar-refractivity contribution in [3.63, 3.8) is 0 Å². The van der Waals surface area contributed by atoms with Crippen molar-refractivity contribution in [2.24, 2.45) is 10.4 Å². The molecule has 1 heteroatoms. The molecule has 0 aliphatic carbocycles. The molecule has 0 amide bonds. The molecule has 1 aliphatic heterocycles. The highest BCUT2D eigenvalue weighted by Gasteiger charge is 2.15. The van der Waals surface area contributed by atoms with Crippen LogP contribution >= 0.6 is 0 Å². The lowest BCUT2D eigenvalue weighted by atomic mass is 9.89. The van der Waals surface area contributed by atoms with Gasteiger partial charge >= 0.3 is 0 Å². The third-order valence-electron chi connectivity index (χ3n) is 1.94. The maximum Gasteiger partial charge on any atom is 0.0731 e. The fourth-order valence-corrected chi connectivity index (χ4v) is 1.04. The topological polar surface area (TPSA) is 12.4 Å². The van der Waals surface area contributed by atoms with E-state index in [0.29, 0.717) is 0 Å². The van der Waals surface area contributed by atoms with Crippen LogP contribution in [0.2, 0.25) is 0 Å². The maximum absolute atomic E-state index is 4.38. The fraction of sp³-hybridized carbons (Fsp3) is 0.545. The third-order valence-corrected chi connectivity index (χ3v) is 1.94. The van der Waals surface area contributed by atoms with Crippen molar-refractivity contribution in [3.8, 4) is 0 Å². The summed E-state index contributed by atoms with van der Waals surface area (Å²) in [5.41, 5.74) is 0.103. The summed E-state index contributed by atoms with van der Waals surface area (Å²) in [4.78, 5) is 4.38. The first kappa shape index (κ1) is 9.24. The molecule has 66 valence electrons. The van der Waals surface area contributed by atoms with Gasteiger partial charge in [-0.2, -0.15) is 0 Å². The van der Waals surface area contributed by atoms with Gasteiger partial charge < -0.3 is 0 Å². The molecule has 0 aromatic rings. The Morgan fingerprint density at radius 1 is 0.917 bits per heavy atom. The van der Waals surface area contributed by atoms with Crippen molar-refractivity contribution in [2.45, 2.75) is 33.2 Å². The number of hydrogen-bond acceptors (Lipinski definition) is 1. The van der Waals surface area contributed by atoms with E-state index in [1.165, 1.54) is 0 Å². The van der Waals surface area contributed by atoms with E-state index in [1.807, 2.05) is 12.3 Å². The summed E-state index contributed by atoms with van der Waals surface area (Å²) in [7, 11) is 0. The van der Waals surface area contributed by atoms with Crippen molar-refractivity contribution < 1.29 is 0 Å². The lowest BCUT2D eigenvalue weighted by Gasteiger charge is -2.21. The second-order valence-electron chi connectivity index (χ2n) is 4.45. The molecule has 0 aromatic heterocycles. The Balaban J connectivity index is 2.97. The van der Waals surface area contributed by atoms with Crippen molar-refractivity contribution >= 4 is 6.21 Å². The molecule has 12 heavy (non-hydrogen) atoms. The molecule has 0 N–H and O–H groups in total. The predicted octanol–water partition coefficient (Wildman–Crippen LogP) is 2.99. The quantitative estimate of drug-likeness (QED) is 0.487. The molecule has 0 saturated carbocycles. The van der Waals surface area contributed by atoms with E-state index in [0.717, 1.165) is 0 Å². The molecule has 0 unspecified atom stereocenters. The van der Waals surface area contributed by atoms with Crippen molar-refractivity contribution in [2.75, 3.05) is 0 Å². The highest BCUT2D eigenvalue weighted by Crippen LogP contribution is 2.23. The van der Waals surface area contributed by atoms with Crippen LogP contribution in [0.15, 0.2) is 29.3 Å². The number of aliphatic imine (C=N–C) groups is 1. The average molecular weight is 163 g/mol. The summed E-state index contributed by atoms with van der Waals surface area (Å²) in [5.74, 6) is 0. The standard InChI is InChI=1S/C11H17N/c1-10(2)6-5-9-12-11(3,4)8-7-10/h5-9H,1-4H3/b6-5-,8-7-,12-9?. The summed E-state index contributed by atoms with van der Waals surface area (Å²) < 4.78 is 0. The third kappa shape index (κ3) is 2.65.